The number of likely N-dealkylation sites (N-methyl/N-ethyl adjacent to an activating group) is 1. The number of carboxylic acid groups (broad SMARTS) is 1. The van der Waals surface area contributed by atoms with Gasteiger partial charge in [-0.25, -0.2) is 0 Å². The van der Waals surface area contributed by atoms with Crippen molar-refractivity contribution in [2.24, 2.45) is 5.92 Å². The maximum atomic E-state index is 10.8. The first-order valence-electron chi connectivity index (χ1n) is 6.96. The zero-order valence-electron chi connectivity index (χ0n) is 12.0. The van der Waals surface area contributed by atoms with Gasteiger partial charge in [0.2, 0.25) is 0 Å². The first-order chi connectivity index (χ1) is 8.97. The van der Waals surface area contributed by atoms with Crippen LogP contribution in [0.25, 0.3) is 0 Å². The summed E-state index contributed by atoms with van der Waals surface area (Å²) in [7, 11) is 2.11. The zero-order valence-corrected chi connectivity index (χ0v) is 12.0. The van der Waals surface area contributed by atoms with Crippen LogP contribution in [0.3, 0.4) is 0 Å². The molecule has 3 heteroatoms. The van der Waals surface area contributed by atoms with Crippen LogP contribution < -0.4 is 0 Å². The number of nitrogens with zero attached hydrogens (tertiary/aromatic N) is 1. The Hall–Kier alpha value is -1.35. The fraction of sp³-hybridized carbons (Fsp3) is 0.562. The summed E-state index contributed by atoms with van der Waals surface area (Å²) in [5, 5.41) is 8.89. The Morgan fingerprint density at radius 1 is 1.37 bits per heavy atom. The second-order valence-corrected chi connectivity index (χ2v) is 5.82. The lowest BCUT2D eigenvalue weighted by Gasteiger charge is -2.39. The Bertz CT molecular complexity index is 464. The van der Waals surface area contributed by atoms with E-state index in [2.05, 4.69) is 44.0 Å². The van der Waals surface area contributed by atoms with E-state index in [0.717, 1.165) is 25.8 Å². The second kappa shape index (κ2) is 5.74. The molecule has 1 aliphatic rings. The molecule has 0 saturated heterocycles. The normalized spacial score (nSPS) is 22.3. The molecule has 0 unspecified atom stereocenters. The predicted octanol–water partition coefficient (Wildman–Crippen LogP) is 2.64. The van der Waals surface area contributed by atoms with Crippen LogP contribution in [-0.4, -0.2) is 35.6 Å². The van der Waals surface area contributed by atoms with Gasteiger partial charge in [0.1, 0.15) is 0 Å². The molecular formula is C16H23NO2. The standard InChI is InChI=1S/C16H23NO2/c1-11-4-5-12(2)13(8-11)6-7-17(3)15-9-14(10-15)16(18)19/h4-5,8,14-15H,6-7,9-10H2,1-3H3,(H,18,19). The van der Waals surface area contributed by atoms with Crippen molar-refractivity contribution in [2.45, 2.75) is 39.2 Å². The largest absolute Gasteiger partial charge is 0.481 e. The summed E-state index contributed by atoms with van der Waals surface area (Å²) in [6.07, 6.45) is 2.65. The van der Waals surface area contributed by atoms with Crippen molar-refractivity contribution < 1.29 is 9.90 Å². The average Bonchev–Trinajstić information content (AvgIpc) is 2.28. The van der Waals surface area contributed by atoms with E-state index in [1.54, 1.807) is 0 Å². The molecule has 1 saturated carbocycles. The Balaban J connectivity index is 1.83. The van der Waals surface area contributed by atoms with Gasteiger partial charge in [0.05, 0.1) is 5.92 Å². The maximum absolute atomic E-state index is 10.8. The summed E-state index contributed by atoms with van der Waals surface area (Å²) in [6.45, 7) is 5.27. The van der Waals surface area contributed by atoms with Crippen LogP contribution in [0.2, 0.25) is 0 Å². The van der Waals surface area contributed by atoms with Crippen molar-refractivity contribution in [2.75, 3.05) is 13.6 Å². The van der Waals surface area contributed by atoms with Crippen LogP contribution in [0.4, 0.5) is 0 Å². The number of carboxylic acids is 1. The third-order valence-corrected chi connectivity index (χ3v) is 4.32. The van der Waals surface area contributed by atoms with Crippen molar-refractivity contribution in [3.05, 3.63) is 34.9 Å². The highest BCUT2D eigenvalue weighted by Crippen LogP contribution is 2.31. The van der Waals surface area contributed by atoms with Crippen LogP contribution in [0.15, 0.2) is 18.2 Å². The monoisotopic (exact) mass is 261 g/mol. The van der Waals surface area contributed by atoms with Gasteiger partial charge in [0.25, 0.3) is 0 Å². The first-order valence-corrected chi connectivity index (χ1v) is 6.96. The molecule has 0 heterocycles. The molecule has 1 aromatic rings. The highest BCUT2D eigenvalue weighted by Gasteiger charge is 2.36. The van der Waals surface area contributed by atoms with Gasteiger partial charge < -0.3 is 10.0 Å². The summed E-state index contributed by atoms with van der Waals surface area (Å²) in [6, 6.07) is 7.02. The van der Waals surface area contributed by atoms with Crippen molar-refractivity contribution in [1.29, 1.82) is 0 Å². The smallest absolute Gasteiger partial charge is 0.306 e. The fourth-order valence-electron chi connectivity index (χ4n) is 2.70. The molecule has 0 radical (unpaired) electrons. The van der Waals surface area contributed by atoms with E-state index in [-0.39, 0.29) is 5.92 Å². The van der Waals surface area contributed by atoms with E-state index in [4.69, 9.17) is 5.11 Å². The van der Waals surface area contributed by atoms with E-state index in [9.17, 15) is 4.79 Å². The molecule has 3 nitrogen and oxygen atoms in total. The van der Waals surface area contributed by atoms with Gasteiger partial charge >= 0.3 is 5.97 Å². The van der Waals surface area contributed by atoms with Crippen LogP contribution in [0.1, 0.15) is 29.5 Å². The Labute approximate surface area is 115 Å². The average molecular weight is 261 g/mol. The lowest BCUT2D eigenvalue weighted by atomic mass is 9.79. The Morgan fingerprint density at radius 3 is 2.68 bits per heavy atom. The Morgan fingerprint density at radius 2 is 2.05 bits per heavy atom. The topological polar surface area (TPSA) is 40.5 Å². The summed E-state index contributed by atoms with van der Waals surface area (Å²) < 4.78 is 0. The molecule has 1 aliphatic carbocycles. The molecule has 19 heavy (non-hydrogen) atoms. The molecule has 1 N–H and O–H groups in total. The van der Waals surface area contributed by atoms with E-state index in [1.807, 2.05) is 0 Å². The molecule has 0 aromatic heterocycles. The molecule has 1 aromatic carbocycles. The quantitative estimate of drug-likeness (QED) is 0.886. The molecule has 0 atom stereocenters. The first kappa shape index (κ1) is 14.1. The maximum Gasteiger partial charge on any atom is 0.306 e. The van der Waals surface area contributed by atoms with Crippen molar-refractivity contribution in [1.82, 2.24) is 4.90 Å². The third kappa shape index (κ3) is 3.35. The van der Waals surface area contributed by atoms with Gasteiger partial charge in [0.15, 0.2) is 0 Å². The molecule has 0 bridgehead atoms. The molecule has 0 aliphatic heterocycles. The van der Waals surface area contributed by atoms with Crippen molar-refractivity contribution in [3.63, 3.8) is 0 Å². The molecule has 1 fully saturated rings. The van der Waals surface area contributed by atoms with E-state index >= 15 is 0 Å². The Kier molecular flexibility index (Phi) is 4.25. The van der Waals surface area contributed by atoms with E-state index in [0.29, 0.717) is 6.04 Å². The fourth-order valence-corrected chi connectivity index (χ4v) is 2.70. The predicted molar refractivity (Wildman–Crippen MR) is 76.4 cm³/mol. The minimum atomic E-state index is -0.640. The molecule has 0 amide bonds. The highest BCUT2D eigenvalue weighted by molar-refractivity contribution is 5.71. The number of benzene rings is 1. The van der Waals surface area contributed by atoms with Crippen molar-refractivity contribution >= 4 is 5.97 Å². The molecular weight excluding hydrogens is 238 g/mol. The zero-order chi connectivity index (χ0) is 14.0. The van der Waals surface area contributed by atoms with E-state index in [1.165, 1.54) is 16.7 Å². The van der Waals surface area contributed by atoms with Crippen molar-refractivity contribution in [3.8, 4) is 0 Å². The number of aliphatic carboxylic acids is 1. The van der Waals surface area contributed by atoms with Gasteiger partial charge in [-0.2, -0.15) is 0 Å². The summed E-state index contributed by atoms with van der Waals surface area (Å²) in [5.41, 5.74) is 4.05. The highest BCUT2D eigenvalue weighted by atomic mass is 16.4. The van der Waals surface area contributed by atoms with Gasteiger partial charge in [0, 0.05) is 12.6 Å². The summed E-state index contributed by atoms with van der Waals surface area (Å²) in [5.74, 6) is -0.757. The van der Waals surface area contributed by atoms with E-state index < -0.39 is 5.97 Å². The number of carbonyl (C=O) groups is 1. The summed E-state index contributed by atoms with van der Waals surface area (Å²) in [4.78, 5) is 13.1. The summed E-state index contributed by atoms with van der Waals surface area (Å²) >= 11 is 0. The number of aryl methyl sites for hydroxylation is 2. The van der Waals surface area contributed by atoms with Crippen LogP contribution in [0, 0.1) is 19.8 Å². The van der Waals surface area contributed by atoms with Crippen LogP contribution >= 0.6 is 0 Å². The third-order valence-electron chi connectivity index (χ3n) is 4.32. The lowest BCUT2D eigenvalue weighted by molar-refractivity contribution is -0.146. The minimum absolute atomic E-state index is 0.117. The minimum Gasteiger partial charge on any atom is -0.481 e. The second-order valence-electron chi connectivity index (χ2n) is 5.82. The van der Waals surface area contributed by atoms with Crippen LogP contribution in [0.5, 0.6) is 0 Å². The molecule has 2 rings (SSSR count). The van der Waals surface area contributed by atoms with Gasteiger partial charge in [-0.05, 0) is 51.3 Å². The molecule has 0 spiro atoms. The van der Waals surface area contributed by atoms with Gasteiger partial charge in [-0.15, -0.1) is 0 Å². The number of hydrogen-bond acceptors (Lipinski definition) is 2. The SMILES string of the molecule is Cc1ccc(C)c(CCN(C)C2CC(C(=O)O)C2)c1. The van der Waals surface area contributed by atoms with Crippen LogP contribution in [-0.2, 0) is 11.2 Å². The lowest BCUT2D eigenvalue weighted by Crippen LogP contribution is -2.45. The number of rotatable bonds is 5. The van der Waals surface area contributed by atoms with Gasteiger partial charge in [-0.3, -0.25) is 4.79 Å². The molecule has 104 valence electrons. The number of hydrogen-bond donors (Lipinski definition) is 1. The van der Waals surface area contributed by atoms with Gasteiger partial charge in [-0.1, -0.05) is 23.8 Å².